The SMILES string of the molecule is COC(=O)c1cc(NC(=O)c2ccc(OC)c(S(=O)(=O)N3CC(C)CC(C)C3)c2)ccc1Cl. The fraction of sp³-hybridized carbons (Fsp3) is 0.391. The molecular formula is C23H27ClN2O6S. The van der Waals surface area contributed by atoms with Crippen LogP contribution < -0.4 is 10.1 Å². The van der Waals surface area contributed by atoms with Gasteiger partial charge in [-0.2, -0.15) is 4.31 Å². The number of piperidine rings is 1. The highest BCUT2D eigenvalue weighted by Crippen LogP contribution is 2.32. The summed E-state index contributed by atoms with van der Waals surface area (Å²) >= 11 is 6.02. The topological polar surface area (TPSA) is 102 Å². The maximum atomic E-state index is 13.4. The molecule has 10 heteroatoms. The molecule has 0 saturated carbocycles. The number of hydrogen-bond acceptors (Lipinski definition) is 6. The summed E-state index contributed by atoms with van der Waals surface area (Å²) in [4.78, 5) is 24.7. The molecule has 2 unspecified atom stereocenters. The average Bonchev–Trinajstić information content (AvgIpc) is 2.78. The number of rotatable bonds is 6. The van der Waals surface area contributed by atoms with E-state index >= 15 is 0 Å². The van der Waals surface area contributed by atoms with Gasteiger partial charge >= 0.3 is 5.97 Å². The minimum atomic E-state index is -3.88. The molecule has 2 aromatic carbocycles. The van der Waals surface area contributed by atoms with Gasteiger partial charge in [0.15, 0.2) is 0 Å². The summed E-state index contributed by atoms with van der Waals surface area (Å²) in [6, 6.07) is 8.64. The van der Waals surface area contributed by atoms with Gasteiger partial charge in [-0.25, -0.2) is 13.2 Å². The number of benzene rings is 2. The van der Waals surface area contributed by atoms with E-state index in [0.717, 1.165) is 6.42 Å². The van der Waals surface area contributed by atoms with Crippen LogP contribution >= 0.6 is 11.6 Å². The molecule has 1 saturated heterocycles. The van der Waals surface area contributed by atoms with Gasteiger partial charge < -0.3 is 14.8 Å². The number of halogens is 1. The van der Waals surface area contributed by atoms with Crippen LogP contribution in [0.3, 0.4) is 0 Å². The third-order valence-electron chi connectivity index (χ3n) is 5.51. The second-order valence-electron chi connectivity index (χ2n) is 8.27. The minimum absolute atomic E-state index is 0.0645. The summed E-state index contributed by atoms with van der Waals surface area (Å²) in [5.74, 6) is -0.562. The van der Waals surface area contributed by atoms with E-state index < -0.39 is 21.9 Å². The molecule has 2 atom stereocenters. The largest absolute Gasteiger partial charge is 0.495 e. The summed E-state index contributed by atoms with van der Waals surface area (Å²) in [5.41, 5.74) is 0.536. The second kappa shape index (κ2) is 10.1. The van der Waals surface area contributed by atoms with Crippen molar-refractivity contribution in [1.29, 1.82) is 0 Å². The molecule has 0 radical (unpaired) electrons. The summed E-state index contributed by atoms with van der Waals surface area (Å²) in [7, 11) is -1.26. The normalized spacial score (nSPS) is 19.1. The Hall–Kier alpha value is -2.62. The van der Waals surface area contributed by atoms with Crippen LogP contribution in [0.5, 0.6) is 5.75 Å². The van der Waals surface area contributed by atoms with Crippen LogP contribution in [0, 0.1) is 11.8 Å². The lowest BCUT2D eigenvalue weighted by Gasteiger charge is -2.34. The Morgan fingerprint density at radius 1 is 1.06 bits per heavy atom. The number of carbonyl (C=O) groups excluding carboxylic acids is 2. The molecule has 0 bridgehead atoms. The van der Waals surface area contributed by atoms with Crippen LogP contribution in [0.25, 0.3) is 0 Å². The number of sulfonamides is 1. The van der Waals surface area contributed by atoms with E-state index in [2.05, 4.69) is 5.32 Å². The Kier molecular flexibility index (Phi) is 7.66. The molecule has 1 amide bonds. The van der Waals surface area contributed by atoms with Crippen LogP contribution in [0.2, 0.25) is 5.02 Å². The van der Waals surface area contributed by atoms with E-state index in [1.165, 1.54) is 54.9 Å². The first-order chi connectivity index (χ1) is 15.6. The Bertz CT molecular complexity index is 1160. The number of anilines is 1. The maximum Gasteiger partial charge on any atom is 0.339 e. The van der Waals surface area contributed by atoms with Crippen LogP contribution in [-0.2, 0) is 14.8 Å². The van der Waals surface area contributed by atoms with Gasteiger partial charge in [-0.05, 0) is 54.7 Å². The number of methoxy groups -OCH3 is 2. The first-order valence-corrected chi connectivity index (χ1v) is 12.3. The minimum Gasteiger partial charge on any atom is -0.495 e. The summed E-state index contributed by atoms with van der Waals surface area (Å²) < 4.78 is 38.3. The Morgan fingerprint density at radius 3 is 2.33 bits per heavy atom. The van der Waals surface area contributed by atoms with Gasteiger partial charge in [0.2, 0.25) is 10.0 Å². The van der Waals surface area contributed by atoms with Gasteiger partial charge in [-0.3, -0.25) is 4.79 Å². The van der Waals surface area contributed by atoms with Crippen molar-refractivity contribution in [3.63, 3.8) is 0 Å². The summed E-state index contributed by atoms with van der Waals surface area (Å²) in [6.07, 6.45) is 0.959. The van der Waals surface area contributed by atoms with Crippen molar-refractivity contribution >= 4 is 39.2 Å². The molecule has 2 aromatic rings. The van der Waals surface area contributed by atoms with Crippen LogP contribution in [0.4, 0.5) is 5.69 Å². The van der Waals surface area contributed by atoms with E-state index in [9.17, 15) is 18.0 Å². The smallest absolute Gasteiger partial charge is 0.339 e. The molecule has 8 nitrogen and oxygen atoms in total. The zero-order valence-electron chi connectivity index (χ0n) is 18.9. The lowest BCUT2D eigenvalue weighted by Crippen LogP contribution is -2.42. The predicted molar refractivity (Wildman–Crippen MR) is 125 cm³/mol. The fourth-order valence-electron chi connectivity index (χ4n) is 4.03. The molecule has 1 fully saturated rings. The molecule has 0 aromatic heterocycles. The van der Waals surface area contributed by atoms with Crippen molar-refractivity contribution in [3.05, 3.63) is 52.5 Å². The number of hydrogen-bond donors (Lipinski definition) is 1. The molecule has 33 heavy (non-hydrogen) atoms. The van der Waals surface area contributed by atoms with Crippen LogP contribution in [0.15, 0.2) is 41.3 Å². The zero-order chi connectivity index (χ0) is 24.3. The van der Waals surface area contributed by atoms with Crippen LogP contribution in [0.1, 0.15) is 41.0 Å². The van der Waals surface area contributed by atoms with Gasteiger partial charge in [-0.1, -0.05) is 25.4 Å². The number of nitrogens with one attached hydrogen (secondary N) is 1. The maximum absolute atomic E-state index is 13.4. The van der Waals surface area contributed by atoms with Crippen molar-refractivity contribution in [3.8, 4) is 5.75 Å². The number of amides is 1. The molecule has 3 rings (SSSR count). The van der Waals surface area contributed by atoms with Crippen molar-refractivity contribution in [1.82, 2.24) is 4.31 Å². The standard InChI is InChI=1S/C23H27ClN2O6S/c1-14-9-15(2)13-26(12-14)33(29,30)21-10-16(5-8-20(21)31-3)22(27)25-17-6-7-19(24)18(11-17)23(28)32-4/h5-8,10-11,14-15H,9,12-13H2,1-4H3,(H,25,27). The van der Waals surface area contributed by atoms with Gasteiger partial charge in [0.25, 0.3) is 5.91 Å². The van der Waals surface area contributed by atoms with Gasteiger partial charge in [0.1, 0.15) is 10.6 Å². The lowest BCUT2D eigenvalue weighted by molar-refractivity contribution is 0.0600. The molecule has 0 aliphatic carbocycles. The Balaban J connectivity index is 1.92. The zero-order valence-corrected chi connectivity index (χ0v) is 20.5. The highest BCUT2D eigenvalue weighted by molar-refractivity contribution is 7.89. The van der Waals surface area contributed by atoms with Crippen LogP contribution in [-0.4, -0.2) is 51.9 Å². The third kappa shape index (κ3) is 5.48. The first kappa shape index (κ1) is 25.0. The molecule has 1 aliphatic heterocycles. The van der Waals surface area contributed by atoms with Crippen molar-refractivity contribution in [2.45, 2.75) is 25.2 Å². The monoisotopic (exact) mass is 494 g/mol. The number of carbonyl (C=O) groups is 2. The highest BCUT2D eigenvalue weighted by atomic mass is 35.5. The van der Waals surface area contributed by atoms with E-state index in [1.807, 2.05) is 13.8 Å². The average molecular weight is 495 g/mol. The molecule has 1 N–H and O–H groups in total. The second-order valence-corrected chi connectivity index (χ2v) is 10.6. The van der Waals surface area contributed by atoms with Gasteiger partial charge in [0.05, 0.1) is 24.8 Å². The van der Waals surface area contributed by atoms with Gasteiger partial charge in [-0.15, -0.1) is 0 Å². The van der Waals surface area contributed by atoms with Crippen molar-refractivity contribution < 1.29 is 27.5 Å². The molecule has 1 aliphatic rings. The van der Waals surface area contributed by atoms with Gasteiger partial charge in [0, 0.05) is 24.3 Å². The quantitative estimate of drug-likeness (QED) is 0.608. The Morgan fingerprint density at radius 2 is 1.73 bits per heavy atom. The predicted octanol–water partition coefficient (Wildman–Crippen LogP) is 4.05. The number of nitrogens with zero attached hydrogens (tertiary/aromatic N) is 1. The highest BCUT2D eigenvalue weighted by Gasteiger charge is 2.34. The first-order valence-electron chi connectivity index (χ1n) is 10.4. The van der Waals surface area contributed by atoms with E-state index in [-0.39, 0.29) is 38.6 Å². The number of ether oxygens (including phenoxy) is 2. The molecule has 0 spiro atoms. The third-order valence-corrected chi connectivity index (χ3v) is 7.69. The van der Waals surface area contributed by atoms with Crippen molar-refractivity contribution in [2.75, 3.05) is 32.6 Å². The summed E-state index contributed by atoms with van der Waals surface area (Å²) in [6.45, 7) is 4.86. The molecular weight excluding hydrogens is 468 g/mol. The summed E-state index contributed by atoms with van der Waals surface area (Å²) in [5, 5.41) is 2.84. The van der Waals surface area contributed by atoms with E-state index in [0.29, 0.717) is 18.8 Å². The number of esters is 1. The lowest BCUT2D eigenvalue weighted by atomic mass is 9.94. The van der Waals surface area contributed by atoms with E-state index in [1.54, 1.807) is 0 Å². The molecule has 1 heterocycles. The molecule has 178 valence electrons. The Labute approximate surface area is 198 Å². The fourth-order valence-corrected chi connectivity index (χ4v) is 6.09. The van der Waals surface area contributed by atoms with Crippen molar-refractivity contribution in [2.24, 2.45) is 11.8 Å². The van der Waals surface area contributed by atoms with E-state index in [4.69, 9.17) is 21.1 Å².